The van der Waals surface area contributed by atoms with Crippen LogP contribution in [0.4, 0.5) is 5.69 Å². The molecule has 1 heterocycles. The Kier molecular flexibility index (Phi) is 4.74. The third-order valence-corrected chi connectivity index (χ3v) is 4.14. The number of rotatable bonds is 5. The Balaban J connectivity index is 2.21. The molecule has 0 aliphatic rings. The SMILES string of the molecule is CCCC(=O)OCc1cc(=O)oc2c1cc(N(C)C)c1ccccc12. The van der Waals surface area contributed by atoms with Crippen molar-refractivity contribution < 1.29 is 13.9 Å². The first-order valence-corrected chi connectivity index (χ1v) is 8.32. The maximum absolute atomic E-state index is 12.0. The fourth-order valence-corrected chi connectivity index (χ4v) is 2.95. The largest absolute Gasteiger partial charge is 0.461 e. The lowest BCUT2D eigenvalue weighted by Gasteiger charge is -2.18. The maximum atomic E-state index is 12.0. The van der Waals surface area contributed by atoms with Crippen molar-refractivity contribution in [1.29, 1.82) is 0 Å². The molecule has 0 aliphatic carbocycles. The number of esters is 1. The minimum Gasteiger partial charge on any atom is -0.461 e. The summed E-state index contributed by atoms with van der Waals surface area (Å²) in [5.41, 5.74) is 1.75. The normalized spacial score (nSPS) is 11.0. The van der Waals surface area contributed by atoms with E-state index in [2.05, 4.69) is 0 Å². The first-order chi connectivity index (χ1) is 12.0. The quantitative estimate of drug-likeness (QED) is 0.401. The van der Waals surface area contributed by atoms with Crippen molar-refractivity contribution in [2.75, 3.05) is 19.0 Å². The minimum absolute atomic E-state index is 0.0616. The lowest BCUT2D eigenvalue weighted by atomic mass is 10.0. The van der Waals surface area contributed by atoms with E-state index >= 15 is 0 Å². The highest BCUT2D eigenvalue weighted by Gasteiger charge is 2.14. The van der Waals surface area contributed by atoms with Crippen molar-refractivity contribution in [2.24, 2.45) is 0 Å². The van der Waals surface area contributed by atoms with Crippen LogP contribution in [0.5, 0.6) is 0 Å². The van der Waals surface area contributed by atoms with Gasteiger partial charge in [-0.25, -0.2) is 4.79 Å². The Bertz CT molecular complexity index is 988. The van der Waals surface area contributed by atoms with Gasteiger partial charge in [-0.05, 0) is 12.5 Å². The second kappa shape index (κ2) is 6.97. The standard InChI is InChI=1S/C20H21NO4/c1-4-7-18(22)24-12-13-10-19(23)25-20-15-9-6-5-8-14(15)17(21(2)3)11-16(13)20/h5-6,8-11H,4,7,12H2,1-3H3. The molecule has 0 unspecified atom stereocenters. The molecule has 0 amide bonds. The van der Waals surface area contributed by atoms with Gasteiger partial charge in [0.2, 0.25) is 0 Å². The number of hydrogen-bond donors (Lipinski definition) is 0. The van der Waals surface area contributed by atoms with Crippen molar-refractivity contribution in [3.63, 3.8) is 0 Å². The van der Waals surface area contributed by atoms with Crippen LogP contribution in [0.25, 0.3) is 21.7 Å². The maximum Gasteiger partial charge on any atom is 0.336 e. The summed E-state index contributed by atoms with van der Waals surface area (Å²) < 4.78 is 10.8. The van der Waals surface area contributed by atoms with Gasteiger partial charge < -0.3 is 14.1 Å². The van der Waals surface area contributed by atoms with Crippen LogP contribution >= 0.6 is 0 Å². The zero-order chi connectivity index (χ0) is 18.0. The summed E-state index contributed by atoms with van der Waals surface area (Å²) in [4.78, 5) is 25.7. The molecule has 3 aromatic rings. The van der Waals surface area contributed by atoms with Gasteiger partial charge in [-0.2, -0.15) is 0 Å². The second-order valence-electron chi connectivity index (χ2n) is 6.21. The average Bonchev–Trinajstić information content (AvgIpc) is 2.59. The molecular formula is C20H21NO4. The molecule has 5 heteroatoms. The van der Waals surface area contributed by atoms with E-state index in [1.807, 2.05) is 56.3 Å². The van der Waals surface area contributed by atoms with E-state index in [1.165, 1.54) is 6.07 Å². The molecule has 0 atom stereocenters. The molecule has 0 saturated heterocycles. The molecule has 25 heavy (non-hydrogen) atoms. The van der Waals surface area contributed by atoms with Crippen LogP contribution in [0, 0.1) is 0 Å². The molecular weight excluding hydrogens is 318 g/mol. The van der Waals surface area contributed by atoms with Crippen molar-refractivity contribution in [3.8, 4) is 0 Å². The number of carbonyl (C=O) groups excluding carboxylic acids is 1. The predicted molar refractivity (Wildman–Crippen MR) is 99.0 cm³/mol. The zero-order valence-electron chi connectivity index (χ0n) is 14.7. The highest BCUT2D eigenvalue weighted by molar-refractivity contribution is 6.11. The Morgan fingerprint density at radius 3 is 2.52 bits per heavy atom. The minimum atomic E-state index is -0.447. The van der Waals surface area contributed by atoms with Crippen LogP contribution in [0.15, 0.2) is 45.6 Å². The van der Waals surface area contributed by atoms with Crippen LogP contribution in [-0.4, -0.2) is 20.1 Å². The van der Waals surface area contributed by atoms with Gasteiger partial charge in [-0.15, -0.1) is 0 Å². The summed E-state index contributed by atoms with van der Waals surface area (Å²) in [6.45, 7) is 1.98. The van der Waals surface area contributed by atoms with Crippen LogP contribution in [0.1, 0.15) is 25.3 Å². The summed E-state index contributed by atoms with van der Waals surface area (Å²) in [7, 11) is 3.93. The van der Waals surface area contributed by atoms with E-state index in [0.29, 0.717) is 17.6 Å². The molecule has 5 nitrogen and oxygen atoms in total. The van der Waals surface area contributed by atoms with E-state index in [0.717, 1.165) is 28.3 Å². The summed E-state index contributed by atoms with van der Waals surface area (Å²) >= 11 is 0. The number of benzene rings is 2. The van der Waals surface area contributed by atoms with Crippen molar-refractivity contribution in [2.45, 2.75) is 26.4 Å². The highest BCUT2D eigenvalue weighted by Crippen LogP contribution is 2.34. The summed E-state index contributed by atoms with van der Waals surface area (Å²) in [5, 5.41) is 2.65. The van der Waals surface area contributed by atoms with Gasteiger partial charge in [0.15, 0.2) is 0 Å². The average molecular weight is 339 g/mol. The number of ether oxygens (including phenoxy) is 1. The van der Waals surface area contributed by atoms with Gasteiger partial charge in [0.1, 0.15) is 12.2 Å². The van der Waals surface area contributed by atoms with E-state index in [4.69, 9.17) is 9.15 Å². The first-order valence-electron chi connectivity index (χ1n) is 8.32. The number of anilines is 1. The molecule has 2 aromatic carbocycles. The van der Waals surface area contributed by atoms with Gasteiger partial charge in [-0.1, -0.05) is 31.2 Å². The predicted octanol–water partition coefficient (Wildman–Crippen LogP) is 3.86. The topological polar surface area (TPSA) is 59.8 Å². The molecule has 130 valence electrons. The Hall–Kier alpha value is -2.82. The van der Waals surface area contributed by atoms with Gasteiger partial charge in [-0.3, -0.25) is 4.79 Å². The van der Waals surface area contributed by atoms with Crippen LogP contribution in [0.2, 0.25) is 0 Å². The molecule has 0 N–H and O–H groups in total. The molecule has 0 bridgehead atoms. The van der Waals surface area contributed by atoms with Crippen LogP contribution in [0.3, 0.4) is 0 Å². The summed E-state index contributed by atoms with van der Waals surface area (Å²) in [5.74, 6) is -0.266. The van der Waals surface area contributed by atoms with E-state index in [1.54, 1.807) is 0 Å². The Labute approximate surface area is 145 Å². The van der Waals surface area contributed by atoms with Gasteiger partial charge in [0, 0.05) is 54.0 Å². The molecule has 0 spiro atoms. The number of hydrogen-bond acceptors (Lipinski definition) is 5. The molecule has 1 aromatic heterocycles. The van der Waals surface area contributed by atoms with E-state index < -0.39 is 5.63 Å². The number of nitrogens with zero attached hydrogens (tertiary/aromatic N) is 1. The van der Waals surface area contributed by atoms with Crippen molar-refractivity contribution >= 4 is 33.4 Å². The summed E-state index contributed by atoms with van der Waals surface area (Å²) in [6, 6.07) is 11.2. The number of fused-ring (bicyclic) bond motifs is 3. The number of carbonyl (C=O) groups is 1. The third-order valence-electron chi connectivity index (χ3n) is 4.14. The molecule has 0 fully saturated rings. The zero-order valence-corrected chi connectivity index (χ0v) is 14.7. The lowest BCUT2D eigenvalue weighted by molar-refractivity contribution is -0.144. The fourth-order valence-electron chi connectivity index (χ4n) is 2.95. The first kappa shape index (κ1) is 17.0. The van der Waals surface area contributed by atoms with E-state index in [9.17, 15) is 9.59 Å². The molecule has 3 rings (SSSR count). The molecule has 0 radical (unpaired) electrons. The Morgan fingerprint density at radius 2 is 1.84 bits per heavy atom. The van der Waals surface area contributed by atoms with Crippen LogP contribution in [-0.2, 0) is 16.1 Å². The van der Waals surface area contributed by atoms with E-state index in [-0.39, 0.29) is 12.6 Å². The van der Waals surface area contributed by atoms with Crippen molar-refractivity contribution in [1.82, 2.24) is 0 Å². The van der Waals surface area contributed by atoms with Crippen molar-refractivity contribution in [3.05, 3.63) is 52.4 Å². The van der Waals surface area contributed by atoms with Gasteiger partial charge in [0.25, 0.3) is 0 Å². The Morgan fingerprint density at radius 1 is 1.12 bits per heavy atom. The smallest absolute Gasteiger partial charge is 0.336 e. The monoisotopic (exact) mass is 339 g/mol. The third kappa shape index (κ3) is 3.36. The van der Waals surface area contributed by atoms with Crippen LogP contribution < -0.4 is 10.5 Å². The fraction of sp³-hybridized carbons (Fsp3) is 0.300. The van der Waals surface area contributed by atoms with Gasteiger partial charge in [0.05, 0.1) is 0 Å². The molecule has 0 saturated carbocycles. The van der Waals surface area contributed by atoms with Gasteiger partial charge >= 0.3 is 11.6 Å². The summed E-state index contributed by atoms with van der Waals surface area (Å²) in [6.07, 6.45) is 1.09. The highest BCUT2D eigenvalue weighted by atomic mass is 16.5. The second-order valence-corrected chi connectivity index (χ2v) is 6.21. The molecule has 0 aliphatic heterocycles. The lowest BCUT2D eigenvalue weighted by Crippen LogP contribution is -2.11.